The summed E-state index contributed by atoms with van der Waals surface area (Å²) in [6.45, 7) is 0.565. The Morgan fingerprint density at radius 2 is 1.95 bits per heavy atom. The van der Waals surface area contributed by atoms with Crippen LogP contribution in [0, 0.1) is 5.82 Å². The van der Waals surface area contributed by atoms with Gasteiger partial charge < -0.3 is 9.73 Å². The first-order valence-electron chi connectivity index (χ1n) is 6.27. The molecule has 1 N–H and O–H groups in total. The molecule has 2 aromatic rings. The molecule has 0 aliphatic carbocycles. The van der Waals surface area contributed by atoms with Gasteiger partial charge in [-0.05, 0) is 36.2 Å². The quantitative estimate of drug-likeness (QED) is 0.868. The van der Waals surface area contributed by atoms with Gasteiger partial charge >= 0.3 is 0 Å². The summed E-state index contributed by atoms with van der Waals surface area (Å²) >= 11 is 0. The summed E-state index contributed by atoms with van der Waals surface area (Å²) in [5, 5.41) is 2.83. The largest absolute Gasteiger partial charge is 0.469 e. The van der Waals surface area contributed by atoms with Gasteiger partial charge in [0.15, 0.2) is 0 Å². The van der Waals surface area contributed by atoms with E-state index in [2.05, 4.69) is 5.32 Å². The Morgan fingerprint density at radius 3 is 2.63 bits per heavy atom. The third-order valence-corrected chi connectivity index (χ3v) is 2.83. The highest BCUT2D eigenvalue weighted by Crippen LogP contribution is 2.05. The topological polar surface area (TPSA) is 42.2 Å². The molecule has 0 radical (unpaired) electrons. The van der Waals surface area contributed by atoms with Crippen LogP contribution in [0.25, 0.3) is 0 Å². The number of carbonyl (C=O) groups is 1. The van der Waals surface area contributed by atoms with Gasteiger partial charge in [0.1, 0.15) is 11.6 Å². The fourth-order valence-electron chi connectivity index (χ4n) is 1.78. The maximum absolute atomic E-state index is 12.7. The Kier molecular flexibility index (Phi) is 4.72. The molecule has 19 heavy (non-hydrogen) atoms. The lowest BCUT2D eigenvalue weighted by Crippen LogP contribution is -2.25. The second-order valence-corrected chi connectivity index (χ2v) is 4.31. The van der Waals surface area contributed by atoms with E-state index in [9.17, 15) is 9.18 Å². The van der Waals surface area contributed by atoms with Crippen LogP contribution in [-0.2, 0) is 17.6 Å². The maximum Gasteiger partial charge on any atom is 0.220 e. The molecule has 3 nitrogen and oxygen atoms in total. The van der Waals surface area contributed by atoms with Crippen LogP contribution in [0.3, 0.4) is 0 Å². The van der Waals surface area contributed by atoms with Crippen LogP contribution >= 0.6 is 0 Å². The molecular formula is C15H16FNO2. The average Bonchev–Trinajstić information content (AvgIpc) is 2.91. The van der Waals surface area contributed by atoms with Crippen molar-refractivity contribution < 1.29 is 13.6 Å². The van der Waals surface area contributed by atoms with E-state index in [1.165, 1.54) is 12.1 Å². The van der Waals surface area contributed by atoms with Crippen LogP contribution in [0.2, 0.25) is 0 Å². The third-order valence-electron chi connectivity index (χ3n) is 2.83. The number of benzene rings is 1. The molecule has 0 fully saturated rings. The second-order valence-electron chi connectivity index (χ2n) is 4.31. The van der Waals surface area contributed by atoms with Gasteiger partial charge in [-0.3, -0.25) is 4.79 Å². The predicted molar refractivity (Wildman–Crippen MR) is 70.1 cm³/mol. The number of amides is 1. The van der Waals surface area contributed by atoms with Crippen molar-refractivity contribution in [1.82, 2.24) is 5.32 Å². The molecule has 0 atom stereocenters. The zero-order valence-corrected chi connectivity index (χ0v) is 10.6. The number of halogens is 1. The summed E-state index contributed by atoms with van der Waals surface area (Å²) in [6, 6.07) is 9.92. The first-order valence-corrected chi connectivity index (χ1v) is 6.27. The van der Waals surface area contributed by atoms with E-state index in [4.69, 9.17) is 4.42 Å². The van der Waals surface area contributed by atoms with E-state index >= 15 is 0 Å². The molecule has 1 aromatic carbocycles. The molecule has 0 saturated heterocycles. The lowest BCUT2D eigenvalue weighted by atomic mass is 10.1. The second kappa shape index (κ2) is 6.73. The fourth-order valence-corrected chi connectivity index (χ4v) is 1.78. The molecule has 4 heteroatoms. The first kappa shape index (κ1) is 13.3. The van der Waals surface area contributed by atoms with E-state index in [-0.39, 0.29) is 11.7 Å². The molecule has 0 bridgehead atoms. The summed E-state index contributed by atoms with van der Waals surface area (Å²) in [5.74, 6) is 0.598. The SMILES string of the molecule is O=C(CCc1ccc(F)cc1)NCCc1ccco1. The van der Waals surface area contributed by atoms with Crippen LogP contribution in [0.5, 0.6) is 0 Å². The van der Waals surface area contributed by atoms with Crippen molar-refractivity contribution in [2.24, 2.45) is 0 Å². The Morgan fingerprint density at radius 1 is 1.16 bits per heavy atom. The molecule has 1 amide bonds. The molecule has 0 aliphatic heterocycles. The van der Waals surface area contributed by atoms with Crippen molar-refractivity contribution in [1.29, 1.82) is 0 Å². The van der Waals surface area contributed by atoms with E-state index in [0.717, 1.165) is 11.3 Å². The van der Waals surface area contributed by atoms with Crippen LogP contribution < -0.4 is 5.32 Å². The highest BCUT2D eigenvalue weighted by atomic mass is 19.1. The van der Waals surface area contributed by atoms with Gasteiger partial charge in [0, 0.05) is 19.4 Å². The molecule has 2 rings (SSSR count). The molecule has 100 valence electrons. The number of nitrogens with one attached hydrogen (secondary N) is 1. The van der Waals surface area contributed by atoms with Gasteiger partial charge in [-0.15, -0.1) is 0 Å². The van der Waals surface area contributed by atoms with Gasteiger partial charge in [-0.1, -0.05) is 12.1 Å². The summed E-state index contributed by atoms with van der Waals surface area (Å²) in [5.41, 5.74) is 0.961. The standard InChI is InChI=1S/C15H16FNO2/c16-13-6-3-12(4-7-13)5-8-15(18)17-10-9-14-2-1-11-19-14/h1-4,6-7,11H,5,8-10H2,(H,17,18). The van der Waals surface area contributed by atoms with Crippen LogP contribution in [0.4, 0.5) is 4.39 Å². The van der Waals surface area contributed by atoms with Gasteiger partial charge in [0.05, 0.1) is 6.26 Å². The molecule has 1 aromatic heterocycles. The van der Waals surface area contributed by atoms with E-state index in [1.54, 1.807) is 18.4 Å². The Hall–Kier alpha value is -2.10. The van der Waals surface area contributed by atoms with Gasteiger partial charge in [0.2, 0.25) is 5.91 Å². The van der Waals surface area contributed by atoms with Crippen LogP contribution in [-0.4, -0.2) is 12.5 Å². The molecule has 0 unspecified atom stereocenters. The summed E-state index contributed by atoms with van der Waals surface area (Å²) in [4.78, 5) is 11.6. The molecule has 0 aliphatic rings. The number of rotatable bonds is 6. The minimum absolute atomic E-state index is 0.00381. The zero-order valence-electron chi connectivity index (χ0n) is 10.6. The van der Waals surface area contributed by atoms with Crippen LogP contribution in [0.1, 0.15) is 17.7 Å². The number of hydrogen-bond donors (Lipinski definition) is 1. The molecule has 0 spiro atoms. The van der Waals surface area contributed by atoms with E-state index in [0.29, 0.717) is 25.8 Å². The van der Waals surface area contributed by atoms with E-state index in [1.807, 2.05) is 12.1 Å². The molecule has 0 saturated carbocycles. The fraction of sp³-hybridized carbons (Fsp3) is 0.267. The highest BCUT2D eigenvalue weighted by molar-refractivity contribution is 5.76. The predicted octanol–water partition coefficient (Wildman–Crippen LogP) is 2.71. The van der Waals surface area contributed by atoms with Crippen molar-refractivity contribution >= 4 is 5.91 Å². The van der Waals surface area contributed by atoms with Gasteiger partial charge in [-0.2, -0.15) is 0 Å². The lowest BCUT2D eigenvalue weighted by Gasteiger charge is -2.04. The van der Waals surface area contributed by atoms with Crippen molar-refractivity contribution in [2.75, 3.05) is 6.54 Å². The number of carbonyl (C=O) groups excluding carboxylic acids is 1. The van der Waals surface area contributed by atoms with Crippen molar-refractivity contribution in [3.8, 4) is 0 Å². The smallest absolute Gasteiger partial charge is 0.220 e. The van der Waals surface area contributed by atoms with Gasteiger partial charge in [0.25, 0.3) is 0 Å². The summed E-state index contributed by atoms with van der Waals surface area (Å²) in [7, 11) is 0. The third kappa shape index (κ3) is 4.58. The van der Waals surface area contributed by atoms with Crippen molar-refractivity contribution in [3.05, 3.63) is 59.8 Å². The Balaban J connectivity index is 1.65. The van der Waals surface area contributed by atoms with Crippen molar-refractivity contribution in [3.63, 3.8) is 0 Å². The average molecular weight is 261 g/mol. The molecule has 1 heterocycles. The zero-order chi connectivity index (χ0) is 13.5. The Labute approximate surface area is 111 Å². The normalized spacial score (nSPS) is 10.4. The summed E-state index contributed by atoms with van der Waals surface area (Å²) in [6.07, 6.45) is 3.33. The number of aryl methyl sites for hydroxylation is 1. The minimum Gasteiger partial charge on any atom is -0.469 e. The lowest BCUT2D eigenvalue weighted by molar-refractivity contribution is -0.121. The van der Waals surface area contributed by atoms with E-state index < -0.39 is 0 Å². The maximum atomic E-state index is 12.7. The molecular weight excluding hydrogens is 245 g/mol. The highest BCUT2D eigenvalue weighted by Gasteiger charge is 2.03. The monoisotopic (exact) mass is 261 g/mol. The number of furan rings is 1. The first-order chi connectivity index (χ1) is 9.24. The summed E-state index contributed by atoms with van der Waals surface area (Å²) < 4.78 is 17.9. The number of hydrogen-bond acceptors (Lipinski definition) is 2. The van der Waals surface area contributed by atoms with Gasteiger partial charge in [-0.25, -0.2) is 4.39 Å². The van der Waals surface area contributed by atoms with Crippen LogP contribution in [0.15, 0.2) is 47.1 Å². The Bertz CT molecular complexity index is 505. The minimum atomic E-state index is -0.258. The van der Waals surface area contributed by atoms with Crippen molar-refractivity contribution in [2.45, 2.75) is 19.3 Å².